The van der Waals surface area contributed by atoms with Gasteiger partial charge in [0.15, 0.2) is 5.67 Å². The molecule has 5 aliphatic rings. The van der Waals surface area contributed by atoms with E-state index < -0.39 is 77.8 Å². The molecule has 2 saturated carbocycles. The minimum atomic E-state index is -4.54. The largest absolute Gasteiger partial charge is 0.392 e. The van der Waals surface area contributed by atoms with Crippen molar-refractivity contribution in [1.82, 2.24) is 30.9 Å². The van der Waals surface area contributed by atoms with E-state index in [-0.39, 0.29) is 45.4 Å². The number of amides is 1. The van der Waals surface area contributed by atoms with Crippen LogP contribution < -0.4 is 16.2 Å². The zero-order valence-electron chi connectivity index (χ0n) is 23.2. The van der Waals surface area contributed by atoms with Crippen LogP contribution in [0.2, 0.25) is 0 Å². The number of carbonyl (C=O) groups is 1. The molecule has 1 amide bonds. The zero-order chi connectivity index (χ0) is 29.2. The summed E-state index contributed by atoms with van der Waals surface area (Å²) in [5, 5.41) is 2.93. The van der Waals surface area contributed by atoms with E-state index in [4.69, 9.17) is 0 Å². The number of rotatable bonds is 6. The van der Waals surface area contributed by atoms with Crippen LogP contribution in [-0.4, -0.2) is 109 Å². The van der Waals surface area contributed by atoms with Crippen LogP contribution >= 0.6 is 0 Å². The molecule has 14 heteroatoms. The fraction of sp³-hybridized carbons (Fsp3) is 0.962. The molecular weight excluding hydrogens is 545 g/mol. The maximum absolute atomic E-state index is 16.0. The summed E-state index contributed by atoms with van der Waals surface area (Å²) in [6, 6.07) is -1.78. The Hall–Kier alpha value is -1.22. The average molecular weight is 587 g/mol. The van der Waals surface area contributed by atoms with Crippen molar-refractivity contribution in [3.8, 4) is 0 Å². The van der Waals surface area contributed by atoms with Crippen LogP contribution in [-0.2, 0) is 4.79 Å². The monoisotopic (exact) mass is 586 g/mol. The van der Waals surface area contributed by atoms with Crippen molar-refractivity contribution in [3.05, 3.63) is 0 Å². The number of hydrogen-bond acceptors (Lipinski definition) is 6. The first kappa shape index (κ1) is 30.2. The molecule has 0 radical (unpaired) electrons. The molecular formula is C26H41F7N6O. The summed E-state index contributed by atoms with van der Waals surface area (Å²) in [5.41, 5.74) is 2.13. The summed E-state index contributed by atoms with van der Waals surface area (Å²) in [4.78, 5) is 18.0. The van der Waals surface area contributed by atoms with E-state index in [9.17, 15) is 22.4 Å². The quantitative estimate of drug-likeness (QED) is 0.417. The summed E-state index contributed by atoms with van der Waals surface area (Å²) in [6.45, 7) is 1.37. The topological polar surface area (TPSA) is 62.9 Å². The molecule has 0 aromatic carbocycles. The van der Waals surface area contributed by atoms with Crippen molar-refractivity contribution in [1.29, 1.82) is 0 Å². The van der Waals surface area contributed by atoms with Gasteiger partial charge in [0, 0.05) is 43.6 Å². The molecule has 7 unspecified atom stereocenters. The Morgan fingerprint density at radius 3 is 2.35 bits per heavy atom. The van der Waals surface area contributed by atoms with E-state index in [1.165, 1.54) is 16.8 Å². The predicted octanol–water partition coefficient (Wildman–Crippen LogP) is 2.89. The summed E-state index contributed by atoms with van der Waals surface area (Å²) in [6.07, 6.45) is -6.32. The van der Waals surface area contributed by atoms with Crippen molar-refractivity contribution < 1.29 is 35.5 Å². The third-order valence-corrected chi connectivity index (χ3v) is 10.6. The molecule has 3 saturated heterocycles. The first-order valence-corrected chi connectivity index (χ1v) is 14.3. The highest BCUT2D eigenvalue weighted by Gasteiger charge is 2.64. The summed E-state index contributed by atoms with van der Waals surface area (Å²) >= 11 is 0. The van der Waals surface area contributed by atoms with Gasteiger partial charge in [-0.25, -0.2) is 19.6 Å². The minimum absolute atomic E-state index is 0.0328. The molecule has 3 heterocycles. The molecule has 7 nitrogen and oxygen atoms in total. The Kier molecular flexibility index (Phi) is 8.17. The fourth-order valence-electron chi connectivity index (χ4n) is 8.04. The van der Waals surface area contributed by atoms with E-state index in [0.717, 1.165) is 6.92 Å². The van der Waals surface area contributed by atoms with Crippen LogP contribution in [0, 0.1) is 23.7 Å². The predicted molar refractivity (Wildman–Crippen MR) is 133 cm³/mol. The standard InChI is InChI=1S/C26H41F7N6O/c1-24(28,25(29,30)23-36-35-13-37(23)2)14-5-4-6-15(7-14)39-12-18-17(22(39)40)8-16(9-19(18)26(31,32)33)38(3)21-11-34-10-20(21)27/h14-21,23,34-36H,4-13H2,1-3H3/t14?,15?,16?,17?,18?,19?,20-,21+,23?,24+/m0/s1. The maximum Gasteiger partial charge on any atom is 0.392 e. The molecule has 10 atom stereocenters. The highest BCUT2D eigenvalue weighted by atomic mass is 19.4. The number of hydrazine groups is 1. The van der Waals surface area contributed by atoms with Gasteiger partial charge in [-0.1, -0.05) is 6.42 Å². The number of likely N-dealkylation sites (N-methyl/N-ethyl adjacent to an activating group) is 1. The van der Waals surface area contributed by atoms with Crippen LogP contribution in [0.5, 0.6) is 0 Å². The number of hydrogen-bond donors (Lipinski definition) is 3. The van der Waals surface area contributed by atoms with Crippen LogP contribution in [0.25, 0.3) is 0 Å². The Labute approximate surface area is 230 Å². The molecule has 0 bridgehead atoms. The molecule has 0 spiro atoms. The molecule has 2 aliphatic carbocycles. The van der Waals surface area contributed by atoms with Crippen molar-refractivity contribution in [2.45, 2.75) is 93.7 Å². The van der Waals surface area contributed by atoms with Gasteiger partial charge in [-0.3, -0.25) is 14.6 Å². The van der Waals surface area contributed by atoms with Gasteiger partial charge in [0.2, 0.25) is 5.91 Å². The van der Waals surface area contributed by atoms with Gasteiger partial charge < -0.3 is 10.2 Å². The van der Waals surface area contributed by atoms with Gasteiger partial charge in [0.25, 0.3) is 0 Å². The number of alkyl halides is 7. The van der Waals surface area contributed by atoms with E-state index >= 15 is 13.2 Å². The number of fused-ring (bicyclic) bond motifs is 1. The minimum Gasteiger partial charge on any atom is -0.339 e. The smallest absolute Gasteiger partial charge is 0.339 e. The van der Waals surface area contributed by atoms with Crippen LogP contribution in [0.3, 0.4) is 0 Å². The van der Waals surface area contributed by atoms with Gasteiger partial charge in [0.1, 0.15) is 12.3 Å². The van der Waals surface area contributed by atoms with Crippen molar-refractivity contribution in [2.24, 2.45) is 23.7 Å². The third-order valence-electron chi connectivity index (χ3n) is 10.6. The van der Waals surface area contributed by atoms with E-state index in [0.29, 0.717) is 19.4 Å². The molecule has 230 valence electrons. The highest BCUT2D eigenvalue weighted by molar-refractivity contribution is 5.82. The second kappa shape index (κ2) is 10.8. The second-order valence-electron chi connectivity index (χ2n) is 12.8. The first-order valence-electron chi connectivity index (χ1n) is 14.3. The third kappa shape index (κ3) is 5.13. The number of nitrogens with one attached hydrogen (secondary N) is 3. The number of nitrogens with zero attached hydrogens (tertiary/aromatic N) is 3. The average Bonchev–Trinajstić information content (AvgIpc) is 3.61. The lowest BCUT2D eigenvalue weighted by atomic mass is 9.70. The fourth-order valence-corrected chi connectivity index (χ4v) is 8.04. The van der Waals surface area contributed by atoms with Gasteiger partial charge in [-0.05, 0) is 59.0 Å². The Morgan fingerprint density at radius 2 is 1.75 bits per heavy atom. The number of carbonyl (C=O) groups excluding carboxylic acids is 1. The van der Waals surface area contributed by atoms with Crippen molar-refractivity contribution in [3.63, 3.8) is 0 Å². The molecule has 0 aromatic rings. The summed E-state index contributed by atoms with van der Waals surface area (Å²) in [5.74, 6) is -8.82. The second-order valence-corrected chi connectivity index (χ2v) is 12.8. The maximum atomic E-state index is 16.0. The Bertz CT molecular complexity index is 938. The Morgan fingerprint density at radius 1 is 1.02 bits per heavy atom. The zero-order valence-corrected chi connectivity index (χ0v) is 23.2. The number of halogens is 7. The lowest BCUT2D eigenvalue weighted by Gasteiger charge is -2.45. The molecule has 3 N–H and O–H groups in total. The number of likely N-dealkylation sites (tertiary alicyclic amines) is 1. The van der Waals surface area contributed by atoms with Gasteiger partial charge >= 0.3 is 12.1 Å². The SMILES string of the molecule is CN1CNNC1C(F)(F)[C@](C)(F)C1CCCC(N2CC3C(CC(N(C)[C@@H]4CNC[C@@H]4F)CC3C(F)(F)F)C2=O)C1. The van der Waals surface area contributed by atoms with Crippen LogP contribution in [0.4, 0.5) is 30.7 Å². The Balaban J connectivity index is 1.33. The van der Waals surface area contributed by atoms with E-state index in [2.05, 4.69) is 16.2 Å². The normalized spacial score (nSPS) is 41.5. The molecule has 0 aromatic heterocycles. The molecule has 40 heavy (non-hydrogen) atoms. The van der Waals surface area contributed by atoms with E-state index in [1.807, 2.05) is 0 Å². The highest BCUT2D eigenvalue weighted by Crippen LogP contribution is 2.52. The molecule has 5 rings (SSSR count). The van der Waals surface area contributed by atoms with Gasteiger partial charge in [-0.15, -0.1) is 0 Å². The summed E-state index contributed by atoms with van der Waals surface area (Å²) < 4.78 is 104. The molecule has 3 aliphatic heterocycles. The van der Waals surface area contributed by atoms with E-state index in [1.54, 1.807) is 11.9 Å². The van der Waals surface area contributed by atoms with Crippen LogP contribution in [0.15, 0.2) is 0 Å². The van der Waals surface area contributed by atoms with Gasteiger partial charge in [-0.2, -0.15) is 22.0 Å². The lowest BCUT2D eigenvalue weighted by molar-refractivity contribution is -0.205. The van der Waals surface area contributed by atoms with Crippen molar-refractivity contribution in [2.75, 3.05) is 40.4 Å². The van der Waals surface area contributed by atoms with Crippen LogP contribution in [0.1, 0.15) is 45.4 Å². The van der Waals surface area contributed by atoms with Crippen molar-refractivity contribution >= 4 is 5.91 Å². The lowest BCUT2D eigenvalue weighted by Crippen LogP contribution is -2.62. The summed E-state index contributed by atoms with van der Waals surface area (Å²) in [7, 11) is 3.08. The first-order chi connectivity index (χ1) is 18.6. The van der Waals surface area contributed by atoms with Gasteiger partial charge in [0.05, 0.1) is 18.6 Å². The molecule has 5 fully saturated rings.